The van der Waals surface area contributed by atoms with Gasteiger partial charge in [0.1, 0.15) is 5.82 Å². The van der Waals surface area contributed by atoms with E-state index in [0.29, 0.717) is 16.8 Å². The summed E-state index contributed by atoms with van der Waals surface area (Å²) in [5.41, 5.74) is -0.0243. The fraction of sp³-hybridized carbons (Fsp3) is 0.125. The van der Waals surface area contributed by atoms with Gasteiger partial charge in [-0.25, -0.2) is 8.78 Å². The smallest absolute Gasteiger partial charge is 0.311 e. The third-order valence-corrected chi connectivity index (χ3v) is 3.91. The van der Waals surface area contributed by atoms with Gasteiger partial charge in [-0.3, -0.25) is 10.1 Å². The van der Waals surface area contributed by atoms with E-state index in [1.807, 2.05) is 6.92 Å². The van der Waals surface area contributed by atoms with E-state index in [-0.39, 0.29) is 23.1 Å². The molecule has 3 aromatic rings. The van der Waals surface area contributed by atoms with E-state index in [4.69, 9.17) is 9.26 Å². The number of ether oxygens (including phenoxy) is 1. The monoisotopic (exact) mass is 379 g/mol. The molecule has 1 aromatic heterocycles. The third kappa shape index (κ3) is 3.80. The summed E-state index contributed by atoms with van der Waals surface area (Å²) in [5.74, 6) is -1.47. The van der Waals surface area contributed by atoms with Crippen molar-refractivity contribution in [2.24, 2.45) is 0 Å². The Morgan fingerprint density at radius 1 is 1.23 bits per heavy atom. The molecule has 0 amide bonds. The Hall–Kier alpha value is -3.01. The predicted octanol–water partition coefficient (Wildman–Crippen LogP) is 4.83. The Morgan fingerprint density at radius 3 is 2.73 bits per heavy atom. The molecule has 3 rings (SSSR count). The molecule has 10 heteroatoms. The van der Waals surface area contributed by atoms with Gasteiger partial charge in [0.05, 0.1) is 4.92 Å². The summed E-state index contributed by atoms with van der Waals surface area (Å²) in [4.78, 5) is 14.7. The summed E-state index contributed by atoms with van der Waals surface area (Å²) < 4.78 is 37.2. The molecule has 1 heterocycles. The highest BCUT2D eigenvalue weighted by Crippen LogP contribution is 2.36. The van der Waals surface area contributed by atoms with Crippen LogP contribution in [0.1, 0.15) is 6.92 Å². The number of nitro benzene ring substituents is 1. The van der Waals surface area contributed by atoms with Gasteiger partial charge < -0.3 is 9.26 Å². The first kappa shape index (κ1) is 17.8. The minimum atomic E-state index is -0.982. The second kappa shape index (κ2) is 7.48. The van der Waals surface area contributed by atoms with Gasteiger partial charge in [0.15, 0.2) is 11.6 Å². The largest absolute Gasteiger partial charge is 0.447 e. The lowest BCUT2D eigenvalue weighted by atomic mass is 10.2. The summed E-state index contributed by atoms with van der Waals surface area (Å²) in [6.45, 7) is 1.93. The molecule has 0 spiro atoms. The average molecular weight is 379 g/mol. The topological polar surface area (TPSA) is 91.3 Å². The van der Waals surface area contributed by atoms with Crippen LogP contribution in [0.5, 0.6) is 11.5 Å². The predicted molar refractivity (Wildman–Crippen MR) is 89.2 cm³/mol. The summed E-state index contributed by atoms with van der Waals surface area (Å²) in [5, 5.41) is 15.4. The molecule has 7 nitrogen and oxygen atoms in total. The maximum Gasteiger partial charge on any atom is 0.311 e. The highest BCUT2D eigenvalue weighted by molar-refractivity contribution is 7.99. The zero-order chi connectivity index (χ0) is 18.7. The third-order valence-electron chi connectivity index (χ3n) is 3.20. The van der Waals surface area contributed by atoms with Crippen LogP contribution in [0.3, 0.4) is 0 Å². The quantitative estimate of drug-likeness (QED) is 0.344. The van der Waals surface area contributed by atoms with Crippen LogP contribution in [0.4, 0.5) is 14.5 Å². The molecule has 0 aliphatic carbocycles. The Balaban J connectivity index is 1.99. The number of hydrogen-bond donors (Lipinski definition) is 0. The summed E-state index contributed by atoms with van der Waals surface area (Å²) in [7, 11) is 0. The van der Waals surface area contributed by atoms with Crippen molar-refractivity contribution in [1.29, 1.82) is 0 Å². The lowest BCUT2D eigenvalue weighted by Gasteiger charge is -2.08. The summed E-state index contributed by atoms with van der Waals surface area (Å²) in [6.07, 6.45) is 0. The molecule has 0 aliphatic rings. The number of nitro groups is 1. The molecule has 2 aromatic carbocycles. The Labute approximate surface area is 150 Å². The van der Waals surface area contributed by atoms with Crippen molar-refractivity contribution in [3.63, 3.8) is 0 Å². The number of benzene rings is 2. The van der Waals surface area contributed by atoms with Gasteiger partial charge in [0.2, 0.25) is 10.9 Å². The maximum absolute atomic E-state index is 13.8. The van der Waals surface area contributed by atoms with Crippen LogP contribution >= 0.6 is 11.8 Å². The summed E-state index contributed by atoms with van der Waals surface area (Å²) >= 11 is 1.37. The molecule has 0 N–H and O–H groups in total. The number of nitrogens with zero attached hydrogens (tertiary/aromatic N) is 3. The molecule has 0 bridgehead atoms. The lowest BCUT2D eigenvalue weighted by Crippen LogP contribution is -1.96. The van der Waals surface area contributed by atoms with Crippen LogP contribution in [0.15, 0.2) is 46.1 Å². The number of thioether (sulfide) groups is 1. The Morgan fingerprint density at radius 2 is 2.04 bits per heavy atom. The van der Waals surface area contributed by atoms with Crippen LogP contribution in [0.2, 0.25) is 0 Å². The number of rotatable bonds is 6. The van der Waals surface area contributed by atoms with E-state index in [9.17, 15) is 18.9 Å². The normalized spacial score (nSPS) is 10.7. The fourth-order valence-corrected chi connectivity index (χ4v) is 2.57. The molecule has 26 heavy (non-hydrogen) atoms. The number of hydrogen-bond acceptors (Lipinski definition) is 7. The molecule has 134 valence electrons. The SMILES string of the molecule is CCSc1noc(-c2ccc([N+](=O)[O-])c(Oc3ccc(F)cc3F)c2)n1. The van der Waals surface area contributed by atoms with Gasteiger partial charge in [-0.15, -0.1) is 0 Å². The first-order valence-electron chi connectivity index (χ1n) is 7.36. The van der Waals surface area contributed by atoms with Gasteiger partial charge in [-0.05, 0) is 29.1 Å². The standard InChI is InChI=1S/C16H11F2N3O4S/c1-2-26-16-19-15(25-20-16)9-3-5-12(21(22)23)14(7-9)24-13-6-4-10(17)8-11(13)18/h3-8H,2H2,1H3. The van der Waals surface area contributed by atoms with Crippen molar-refractivity contribution < 1.29 is 23.0 Å². The zero-order valence-electron chi connectivity index (χ0n) is 13.3. The molecular weight excluding hydrogens is 368 g/mol. The molecule has 0 saturated heterocycles. The minimum absolute atomic E-state index is 0.139. The van der Waals surface area contributed by atoms with Crippen LogP contribution in [-0.2, 0) is 0 Å². The van der Waals surface area contributed by atoms with E-state index < -0.39 is 16.6 Å². The van der Waals surface area contributed by atoms with E-state index in [1.54, 1.807) is 0 Å². The van der Waals surface area contributed by atoms with Gasteiger partial charge in [-0.1, -0.05) is 18.7 Å². The van der Waals surface area contributed by atoms with Gasteiger partial charge in [0.25, 0.3) is 5.89 Å². The van der Waals surface area contributed by atoms with E-state index in [1.165, 1.54) is 30.0 Å². The van der Waals surface area contributed by atoms with Gasteiger partial charge in [0, 0.05) is 23.8 Å². The molecule has 0 unspecified atom stereocenters. The molecule has 0 aliphatic heterocycles. The van der Waals surface area contributed by atoms with Crippen LogP contribution in [0.25, 0.3) is 11.5 Å². The Kier molecular flexibility index (Phi) is 5.12. The first-order chi connectivity index (χ1) is 12.5. The second-order valence-electron chi connectivity index (χ2n) is 4.93. The molecular formula is C16H11F2N3O4S. The van der Waals surface area contributed by atoms with Crippen molar-refractivity contribution in [3.05, 3.63) is 58.1 Å². The van der Waals surface area contributed by atoms with Gasteiger partial charge >= 0.3 is 5.69 Å². The lowest BCUT2D eigenvalue weighted by molar-refractivity contribution is -0.385. The van der Waals surface area contributed by atoms with Crippen molar-refractivity contribution in [2.45, 2.75) is 12.1 Å². The first-order valence-corrected chi connectivity index (χ1v) is 8.34. The maximum atomic E-state index is 13.8. The van der Waals surface area contributed by atoms with Crippen molar-refractivity contribution in [2.75, 3.05) is 5.75 Å². The van der Waals surface area contributed by atoms with E-state index >= 15 is 0 Å². The molecule has 0 fully saturated rings. The zero-order valence-corrected chi connectivity index (χ0v) is 14.1. The number of halogens is 2. The van der Waals surface area contributed by atoms with Crippen LogP contribution in [0, 0.1) is 21.7 Å². The second-order valence-corrected chi connectivity index (χ2v) is 6.16. The van der Waals surface area contributed by atoms with E-state index in [0.717, 1.165) is 17.9 Å². The highest BCUT2D eigenvalue weighted by atomic mass is 32.2. The highest BCUT2D eigenvalue weighted by Gasteiger charge is 2.20. The van der Waals surface area contributed by atoms with E-state index in [2.05, 4.69) is 10.1 Å². The van der Waals surface area contributed by atoms with Crippen LogP contribution < -0.4 is 4.74 Å². The van der Waals surface area contributed by atoms with Crippen LogP contribution in [-0.4, -0.2) is 20.8 Å². The number of aromatic nitrogens is 2. The van der Waals surface area contributed by atoms with Crippen molar-refractivity contribution in [3.8, 4) is 23.0 Å². The van der Waals surface area contributed by atoms with Crippen molar-refractivity contribution in [1.82, 2.24) is 10.1 Å². The van der Waals surface area contributed by atoms with Crippen molar-refractivity contribution >= 4 is 17.4 Å². The Bertz CT molecular complexity index is 964. The fourth-order valence-electron chi connectivity index (χ4n) is 2.07. The molecule has 0 atom stereocenters. The molecule has 0 saturated carbocycles. The van der Waals surface area contributed by atoms with Gasteiger partial charge in [-0.2, -0.15) is 4.98 Å². The average Bonchev–Trinajstić information content (AvgIpc) is 3.06. The molecule has 0 radical (unpaired) electrons. The summed E-state index contributed by atoms with van der Waals surface area (Å²) in [6, 6.07) is 6.54. The minimum Gasteiger partial charge on any atom is -0.447 e.